The van der Waals surface area contributed by atoms with Crippen LogP contribution in [-0.4, -0.2) is 15.8 Å². The summed E-state index contributed by atoms with van der Waals surface area (Å²) in [6, 6.07) is 13.6. The largest absolute Gasteiger partial charge is 0.467 e. The molecule has 3 aromatic heterocycles. The lowest BCUT2D eigenvalue weighted by atomic mass is 9.99. The standard InChI is InChI=1S/C21H14N2O4/c24-19-15-5-1-2-6-16(15)27-20-17(19)18(13-7-9-22-10-8-13)23(21(20)25)12-14-4-3-11-26-14/h1-11,18H,12H2/t18-/m0/s1. The number of carbonyl (C=O) groups is 1. The van der Waals surface area contributed by atoms with Crippen LogP contribution < -0.4 is 5.43 Å². The van der Waals surface area contributed by atoms with E-state index < -0.39 is 6.04 Å². The van der Waals surface area contributed by atoms with Gasteiger partial charge in [0.05, 0.1) is 29.8 Å². The number of hydrogen-bond donors (Lipinski definition) is 0. The summed E-state index contributed by atoms with van der Waals surface area (Å²) < 4.78 is 11.3. The first-order valence-electron chi connectivity index (χ1n) is 8.53. The van der Waals surface area contributed by atoms with Gasteiger partial charge in [0.2, 0.25) is 5.76 Å². The normalized spacial score (nSPS) is 16.1. The number of rotatable bonds is 3. The molecule has 0 N–H and O–H groups in total. The first kappa shape index (κ1) is 15.6. The van der Waals surface area contributed by atoms with E-state index in [1.807, 2.05) is 0 Å². The summed E-state index contributed by atoms with van der Waals surface area (Å²) in [6.07, 6.45) is 4.85. The predicted octanol–water partition coefficient (Wildman–Crippen LogP) is 3.53. The summed E-state index contributed by atoms with van der Waals surface area (Å²) in [5.41, 5.74) is 1.37. The van der Waals surface area contributed by atoms with Crippen molar-refractivity contribution < 1.29 is 13.6 Å². The zero-order chi connectivity index (χ0) is 18.4. The molecule has 0 saturated heterocycles. The summed E-state index contributed by atoms with van der Waals surface area (Å²) in [6.45, 7) is 0.235. The van der Waals surface area contributed by atoms with Gasteiger partial charge in [-0.15, -0.1) is 0 Å². The second-order valence-corrected chi connectivity index (χ2v) is 6.37. The molecule has 4 aromatic rings. The Labute approximate surface area is 153 Å². The number of para-hydroxylation sites is 1. The van der Waals surface area contributed by atoms with Gasteiger partial charge in [0.25, 0.3) is 5.91 Å². The monoisotopic (exact) mass is 358 g/mol. The van der Waals surface area contributed by atoms with Gasteiger partial charge in [-0.2, -0.15) is 0 Å². The number of amides is 1. The van der Waals surface area contributed by atoms with Crippen molar-refractivity contribution in [1.29, 1.82) is 0 Å². The summed E-state index contributed by atoms with van der Waals surface area (Å²) in [4.78, 5) is 32.0. The highest BCUT2D eigenvalue weighted by molar-refractivity contribution is 5.99. The average molecular weight is 358 g/mol. The minimum Gasteiger partial charge on any atom is -0.467 e. The molecule has 1 amide bonds. The van der Waals surface area contributed by atoms with Crippen LogP contribution in [0.2, 0.25) is 0 Å². The highest BCUT2D eigenvalue weighted by atomic mass is 16.3. The van der Waals surface area contributed by atoms with Gasteiger partial charge < -0.3 is 13.7 Å². The quantitative estimate of drug-likeness (QED) is 0.560. The summed E-state index contributed by atoms with van der Waals surface area (Å²) in [5, 5.41) is 0.461. The van der Waals surface area contributed by atoms with Crippen molar-refractivity contribution in [2.75, 3.05) is 0 Å². The van der Waals surface area contributed by atoms with Gasteiger partial charge in [-0.1, -0.05) is 12.1 Å². The second kappa shape index (κ2) is 5.95. The smallest absolute Gasteiger partial charge is 0.291 e. The van der Waals surface area contributed by atoms with Crippen LogP contribution in [0.15, 0.2) is 80.8 Å². The van der Waals surface area contributed by atoms with Gasteiger partial charge in [0.1, 0.15) is 11.3 Å². The number of hydrogen-bond acceptors (Lipinski definition) is 5. The fraction of sp³-hybridized carbons (Fsp3) is 0.0952. The third-order valence-corrected chi connectivity index (χ3v) is 4.80. The lowest BCUT2D eigenvalue weighted by molar-refractivity contribution is 0.0701. The van der Waals surface area contributed by atoms with Crippen molar-refractivity contribution in [2.45, 2.75) is 12.6 Å². The van der Waals surface area contributed by atoms with E-state index in [0.717, 1.165) is 5.56 Å². The number of pyridine rings is 1. The van der Waals surface area contributed by atoms with E-state index in [-0.39, 0.29) is 23.6 Å². The molecular weight excluding hydrogens is 344 g/mol. The average Bonchev–Trinajstić information content (AvgIpc) is 3.31. The van der Waals surface area contributed by atoms with E-state index in [4.69, 9.17) is 8.83 Å². The molecule has 0 fully saturated rings. The number of furan rings is 1. The van der Waals surface area contributed by atoms with Crippen LogP contribution in [-0.2, 0) is 6.54 Å². The summed E-state index contributed by atoms with van der Waals surface area (Å²) in [7, 11) is 0. The summed E-state index contributed by atoms with van der Waals surface area (Å²) >= 11 is 0. The molecule has 1 aromatic carbocycles. The second-order valence-electron chi connectivity index (χ2n) is 6.37. The number of nitrogens with zero attached hydrogens (tertiary/aromatic N) is 2. The predicted molar refractivity (Wildman–Crippen MR) is 97.1 cm³/mol. The molecule has 1 aliphatic rings. The van der Waals surface area contributed by atoms with Crippen molar-refractivity contribution in [2.24, 2.45) is 0 Å². The maximum Gasteiger partial charge on any atom is 0.291 e. The molecule has 6 heteroatoms. The van der Waals surface area contributed by atoms with Crippen molar-refractivity contribution in [1.82, 2.24) is 9.88 Å². The summed E-state index contributed by atoms with van der Waals surface area (Å²) in [5.74, 6) is 0.394. The van der Waals surface area contributed by atoms with E-state index in [1.165, 1.54) is 0 Å². The van der Waals surface area contributed by atoms with Gasteiger partial charge in [-0.25, -0.2) is 0 Å². The molecule has 0 unspecified atom stereocenters. The Morgan fingerprint density at radius 1 is 1.00 bits per heavy atom. The van der Waals surface area contributed by atoms with E-state index >= 15 is 0 Å². The topological polar surface area (TPSA) is 76.6 Å². The highest BCUT2D eigenvalue weighted by Crippen LogP contribution is 2.38. The van der Waals surface area contributed by atoms with Gasteiger partial charge in [0.15, 0.2) is 5.43 Å². The third kappa shape index (κ3) is 2.38. The van der Waals surface area contributed by atoms with E-state index in [0.29, 0.717) is 22.3 Å². The van der Waals surface area contributed by atoms with Crippen molar-refractivity contribution in [3.8, 4) is 0 Å². The molecule has 0 saturated carbocycles. The lowest BCUT2D eigenvalue weighted by Crippen LogP contribution is -2.29. The Balaban J connectivity index is 1.75. The number of fused-ring (bicyclic) bond motifs is 2. The number of aromatic nitrogens is 1. The van der Waals surface area contributed by atoms with Gasteiger partial charge in [-0.3, -0.25) is 14.6 Å². The Morgan fingerprint density at radius 2 is 1.81 bits per heavy atom. The maximum atomic E-state index is 13.2. The van der Waals surface area contributed by atoms with Crippen LogP contribution in [0.25, 0.3) is 11.0 Å². The van der Waals surface area contributed by atoms with Crippen LogP contribution in [0, 0.1) is 0 Å². The molecule has 4 heterocycles. The molecule has 0 radical (unpaired) electrons. The Hall–Kier alpha value is -3.67. The zero-order valence-corrected chi connectivity index (χ0v) is 14.2. The van der Waals surface area contributed by atoms with Crippen LogP contribution in [0.3, 0.4) is 0 Å². The van der Waals surface area contributed by atoms with Gasteiger partial charge in [0, 0.05) is 12.4 Å². The van der Waals surface area contributed by atoms with Crippen LogP contribution in [0.5, 0.6) is 0 Å². The molecular formula is C21H14N2O4. The molecule has 27 heavy (non-hydrogen) atoms. The Kier molecular flexibility index (Phi) is 3.43. The van der Waals surface area contributed by atoms with Crippen molar-refractivity contribution in [3.63, 3.8) is 0 Å². The Morgan fingerprint density at radius 3 is 2.59 bits per heavy atom. The molecule has 1 atom stereocenters. The highest BCUT2D eigenvalue weighted by Gasteiger charge is 2.42. The van der Waals surface area contributed by atoms with Crippen LogP contribution in [0.4, 0.5) is 0 Å². The molecule has 5 rings (SSSR count). The maximum absolute atomic E-state index is 13.2. The number of benzene rings is 1. The van der Waals surface area contributed by atoms with Gasteiger partial charge >= 0.3 is 0 Å². The van der Waals surface area contributed by atoms with Gasteiger partial charge in [-0.05, 0) is 42.0 Å². The number of carbonyl (C=O) groups excluding carboxylic acids is 1. The van der Waals surface area contributed by atoms with Crippen LogP contribution in [0.1, 0.15) is 33.5 Å². The fourth-order valence-corrected chi connectivity index (χ4v) is 3.59. The molecule has 6 nitrogen and oxygen atoms in total. The van der Waals surface area contributed by atoms with E-state index in [9.17, 15) is 9.59 Å². The van der Waals surface area contributed by atoms with Crippen molar-refractivity contribution in [3.05, 3.63) is 100 Å². The molecule has 0 spiro atoms. The minimum absolute atomic E-state index is 0.0899. The third-order valence-electron chi connectivity index (χ3n) is 4.80. The molecule has 132 valence electrons. The van der Waals surface area contributed by atoms with Crippen LogP contribution >= 0.6 is 0 Å². The molecule has 0 aliphatic carbocycles. The molecule has 0 bridgehead atoms. The molecule has 1 aliphatic heterocycles. The first-order chi connectivity index (χ1) is 13.2. The zero-order valence-electron chi connectivity index (χ0n) is 14.2. The SMILES string of the molecule is O=C1c2oc3ccccc3c(=O)c2[C@H](c2ccncc2)N1Cc1ccco1. The fourth-order valence-electron chi connectivity index (χ4n) is 3.59. The lowest BCUT2D eigenvalue weighted by Gasteiger charge is -2.24. The minimum atomic E-state index is -0.554. The van der Waals surface area contributed by atoms with E-state index in [1.54, 1.807) is 72.1 Å². The van der Waals surface area contributed by atoms with E-state index in [2.05, 4.69) is 4.98 Å². The van der Waals surface area contributed by atoms with Crippen molar-refractivity contribution >= 4 is 16.9 Å². The Bertz CT molecular complexity index is 1200. The first-order valence-corrected chi connectivity index (χ1v) is 8.53.